The van der Waals surface area contributed by atoms with E-state index in [1.165, 1.54) is 12.1 Å². The Morgan fingerprint density at radius 2 is 2.23 bits per heavy atom. The summed E-state index contributed by atoms with van der Waals surface area (Å²) in [6.07, 6.45) is 0. The molecule has 0 aliphatic heterocycles. The Morgan fingerprint density at radius 3 is 2.77 bits per heavy atom. The lowest BCUT2D eigenvalue weighted by Gasteiger charge is -2.09. The Hall–Kier alpha value is -0.700. The van der Waals surface area contributed by atoms with Gasteiger partial charge >= 0.3 is 0 Å². The molecule has 2 unspecified atom stereocenters. The van der Waals surface area contributed by atoms with Crippen LogP contribution in [0, 0.1) is 5.82 Å². The van der Waals surface area contributed by atoms with Crippen LogP contribution < -0.4 is 0 Å². The van der Waals surface area contributed by atoms with Crippen molar-refractivity contribution in [1.29, 1.82) is 0 Å². The van der Waals surface area contributed by atoms with E-state index in [-0.39, 0.29) is 11.1 Å². The van der Waals surface area contributed by atoms with Gasteiger partial charge in [-0.1, -0.05) is 19.1 Å². The fourth-order valence-electron chi connectivity index (χ4n) is 1.16. The van der Waals surface area contributed by atoms with Gasteiger partial charge in [-0.3, -0.25) is 4.21 Å². The summed E-state index contributed by atoms with van der Waals surface area (Å²) in [5.74, 6) is 0.343. The van der Waals surface area contributed by atoms with Crippen LogP contribution >= 0.6 is 0 Å². The predicted octanol–water partition coefficient (Wildman–Crippen LogP) is 2.66. The van der Waals surface area contributed by atoms with Crippen LogP contribution in [0.1, 0.15) is 24.7 Å². The van der Waals surface area contributed by atoms with Crippen molar-refractivity contribution in [2.45, 2.75) is 19.1 Å². The van der Waals surface area contributed by atoms with Crippen molar-refractivity contribution < 1.29 is 8.60 Å². The van der Waals surface area contributed by atoms with Gasteiger partial charge in [0.1, 0.15) is 5.82 Å². The minimum atomic E-state index is -0.898. The highest BCUT2D eigenvalue weighted by molar-refractivity contribution is 7.85. The minimum absolute atomic E-state index is 0.0827. The summed E-state index contributed by atoms with van der Waals surface area (Å²) in [5.41, 5.74) is 0.806. The van der Waals surface area contributed by atoms with Gasteiger partial charge in [0, 0.05) is 16.6 Å². The summed E-state index contributed by atoms with van der Waals surface area (Å²) >= 11 is 0. The third-order valence-corrected chi connectivity index (χ3v) is 3.63. The zero-order valence-corrected chi connectivity index (χ0v) is 8.60. The third kappa shape index (κ3) is 2.62. The Morgan fingerprint density at radius 1 is 1.54 bits per heavy atom. The molecule has 0 amide bonds. The lowest BCUT2D eigenvalue weighted by Crippen LogP contribution is -2.04. The van der Waals surface area contributed by atoms with Crippen LogP contribution in [0.25, 0.3) is 0 Å². The van der Waals surface area contributed by atoms with Crippen molar-refractivity contribution in [2.75, 3.05) is 5.75 Å². The molecule has 13 heavy (non-hydrogen) atoms. The van der Waals surface area contributed by atoms with Crippen LogP contribution in [0.2, 0.25) is 0 Å². The lowest BCUT2D eigenvalue weighted by atomic mass is 10.2. The second-order valence-electron chi connectivity index (χ2n) is 2.87. The molecule has 0 aliphatic carbocycles. The highest BCUT2D eigenvalue weighted by Gasteiger charge is 2.11. The summed E-state index contributed by atoms with van der Waals surface area (Å²) in [6.45, 7) is 3.72. The van der Waals surface area contributed by atoms with E-state index in [2.05, 4.69) is 0 Å². The lowest BCUT2D eigenvalue weighted by molar-refractivity contribution is 0.625. The monoisotopic (exact) mass is 200 g/mol. The van der Waals surface area contributed by atoms with Crippen LogP contribution in [-0.2, 0) is 10.8 Å². The number of rotatable bonds is 3. The van der Waals surface area contributed by atoms with E-state index < -0.39 is 10.8 Å². The molecule has 0 spiro atoms. The SMILES string of the molecule is CCS(=O)C(C)c1cccc(F)c1. The maximum absolute atomic E-state index is 12.8. The Labute approximate surface area is 80.4 Å². The molecule has 0 N–H and O–H groups in total. The molecule has 0 aromatic heterocycles. The van der Waals surface area contributed by atoms with Gasteiger partial charge in [0.05, 0.1) is 5.25 Å². The van der Waals surface area contributed by atoms with Crippen LogP contribution in [0.4, 0.5) is 4.39 Å². The summed E-state index contributed by atoms with van der Waals surface area (Å²) in [6, 6.07) is 6.29. The molecule has 1 aromatic carbocycles. The van der Waals surface area contributed by atoms with Crippen molar-refractivity contribution in [1.82, 2.24) is 0 Å². The number of benzene rings is 1. The van der Waals surface area contributed by atoms with Crippen LogP contribution in [0.15, 0.2) is 24.3 Å². The van der Waals surface area contributed by atoms with Crippen LogP contribution in [0.3, 0.4) is 0 Å². The van der Waals surface area contributed by atoms with Crippen molar-refractivity contribution in [3.63, 3.8) is 0 Å². The van der Waals surface area contributed by atoms with Gasteiger partial charge in [0.25, 0.3) is 0 Å². The van der Waals surface area contributed by atoms with E-state index in [4.69, 9.17) is 0 Å². The summed E-state index contributed by atoms with van der Waals surface area (Å²) in [4.78, 5) is 0. The molecule has 3 heteroatoms. The van der Waals surface area contributed by atoms with Crippen molar-refractivity contribution in [2.24, 2.45) is 0 Å². The van der Waals surface area contributed by atoms with Gasteiger partial charge in [-0.15, -0.1) is 0 Å². The molecular formula is C10H13FOS. The Kier molecular flexibility index (Phi) is 3.60. The molecule has 0 radical (unpaired) electrons. The summed E-state index contributed by atoms with van der Waals surface area (Å²) in [7, 11) is -0.898. The fourth-order valence-corrected chi connectivity index (χ4v) is 2.11. The molecule has 0 saturated carbocycles. The molecule has 0 bridgehead atoms. The van der Waals surface area contributed by atoms with E-state index in [9.17, 15) is 8.60 Å². The second-order valence-corrected chi connectivity index (χ2v) is 4.91. The number of hydrogen-bond donors (Lipinski definition) is 0. The van der Waals surface area contributed by atoms with E-state index >= 15 is 0 Å². The zero-order valence-electron chi connectivity index (χ0n) is 7.79. The molecule has 1 aromatic rings. The maximum atomic E-state index is 12.8. The molecule has 0 fully saturated rings. The molecule has 0 heterocycles. The normalized spacial score (nSPS) is 15.3. The van der Waals surface area contributed by atoms with Crippen LogP contribution in [-0.4, -0.2) is 9.96 Å². The van der Waals surface area contributed by atoms with Gasteiger partial charge in [-0.2, -0.15) is 0 Å². The minimum Gasteiger partial charge on any atom is -0.259 e. The molecule has 1 rings (SSSR count). The van der Waals surface area contributed by atoms with Crippen molar-refractivity contribution in [3.8, 4) is 0 Å². The smallest absolute Gasteiger partial charge is 0.123 e. The third-order valence-electron chi connectivity index (χ3n) is 2.00. The average molecular weight is 200 g/mol. The van der Waals surface area contributed by atoms with Gasteiger partial charge < -0.3 is 0 Å². The van der Waals surface area contributed by atoms with Gasteiger partial charge in [-0.25, -0.2) is 4.39 Å². The first kappa shape index (κ1) is 10.4. The highest BCUT2D eigenvalue weighted by Crippen LogP contribution is 2.19. The van der Waals surface area contributed by atoms with Gasteiger partial charge in [0.2, 0.25) is 0 Å². The predicted molar refractivity (Wildman–Crippen MR) is 53.5 cm³/mol. The largest absolute Gasteiger partial charge is 0.259 e. The fraction of sp³-hybridized carbons (Fsp3) is 0.400. The van der Waals surface area contributed by atoms with Gasteiger partial charge in [-0.05, 0) is 24.6 Å². The topological polar surface area (TPSA) is 17.1 Å². The zero-order chi connectivity index (χ0) is 9.84. The quantitative estimate of drug-likeness (QED) is 0.733. The maximum Gasteiger partial charge on any atom is 0.123 e. The van der Waals surface area contributed by atoms with E-state index in [1.54, 1.807) is 12.1 Å². The summed E-state index contributed by atoms with van der Waals surface area (Å²) in [5, 5.41) is -0.0827. The molecule has 1 nitrogen and oxygen atoms in total. The first-order chi connectivity index (χ1) is 6.15. The first-order valence-electron chi connectivity index (χ1n) is 4.27. The standard InChI is InChI=1S/C10H13FOS/c1-3-13(12)8(2)9-5-4-6-10(11)7-9/h4-8H,3H2,1-2H3. The van der Waals surface area contributed by atoms with E-state index in [0.717, 1.165) is 5.56 Å². The first-order valence-corrected chi connectivity index (χ1v) is 5.66. The molecule has 0 aliphatic rings. The van der Waals surface area contributed by atoms with Gasteiger partial charge in [0.15, 0.2) is 0 Å². The highest BCUT2D eigenvalue weighted by atomic mass is 32.2. The van der Waals surface area contributed by atoms with Crippen LogP contribution in [0.5, 0.6) is 0 Å². The van der Waals surface area contributed by atoms with Crippen molar-refractivity contribution >= 4 is 10.8 Å². The Bertz CT molecular complexity index is 312. The van der Waals surface area contributed by atoms with Crippen molar-refractivity contribution in [3.05, 3.63) is 35.6 Å². The summed E-state index contributed by atoms with van der Waals surface area (Å²) < 4.78 is 24.2. The molecular weight excluding hydrogens is 187 g/mol. The number of hydrogen-bond acceptors (Lipinski definition) is 1. The molecule has 0 saturated heterocycles. The van der Waals surface area contributed by atoms with E-state index in [1.807, 2.05) is 13.8 Å². The average Bonchev–Trinajstić information content (AvgIpc) is 2.15. The second kappa shape index (κ2) is 4.51. The molecule has 2 atom stereocenters. The number of halogens is 1. The Balaban J connectivity index is 2.88. The molecule has 72 valence electrons. The van der Waals surface area contributed by atoms with E-state index in [0.29, 0.717) is 5.75 Å².